The maximum atomic E-state index is 13.0. The number of fused-ring (bicyclic) bond motifs is 1. The van der Waals surface area contributed by atoms with E-state index in [4.69, 9.17) is 4.74 Å². The Hall–Kier alpha value is -2.84. The predicted molar refractivity (Wildman–Crippen MR) is 73.0 cm³/mol. The van der Waals surface area contributed by atoms with Gasteiger partial charge < -0.3 is 15.0 Å². The summed E-state index contributed by atoms with van der Waals surface area (Å²) in [6.45, 7) is 0. The molecule has 22 heavy (non-hydrogen) atoms. The van der Waals surface area contributed by atoms with E-state index in [-0.39, 0.29) is 11.4 Å². The van der Waals surface area contributed by atoms with Crippen LogP contribution in [0.2, 0.25) is 0 Å². The minimum atomic E-state index is -4.52. The van der Waals surface area contributed by atoms with E-state index >= 15 is 0 Å². The van der Waals surface area contributed by atoms with Gasteiger partial charge in [-0.1, -0.05) is 0 Å². The second-order valence-corrected chi connectivity index (χ2v) is 4.36. The highest BCUT2D eigenvalue weighted by atomic mass is 19.4. The Labute approximate surface area is 122 Å². The molecule has 0 aliphatic carbocycles. The number of imidazole rings is 1. The topological polar surface area (TPSA) is 75.7 Å². The molecular weight excluding hydrogens is 299 g/mol. The number of benzene rings is 1. The number of alkyl halides is 3. The molecule has 0 fully saturated rings. The number of aromatic amines is 1. The van der Waals surface area contributed by atoms with E-state index in [1.165, 1.54) is 31.9 Å². The third kappa shape index (κ3) is 2.52. The van der Waals surface area contributed by atoms with Gasteiger partial charge in [0.15, 0.2) is 17.0 Å². The fourth-order valence-corrected chi connectivity index (χ4v) is 2.00. The fraction of sp³-hybridized carbons (Fsp3) is 0.154. The van der Waals surface area contributed by atoms with E-state index in [2.05, 4.69) is 25.3 Å². The number of nitrogens with one attached hydrogen (secondary N) is 2. The second-order valence-electron chi connectivity index (χ2n) is 4.36. The molecule has 0 bridgehead atoms. The molecule has 2 heterocycles. The molecule has 0 radical (unpaired) electrons. The average molecular weight is 309 g/mol. The molecule has 114 valence electrons. The lowest BCUT2D eigenvalue weighted by Gasteiger charge is -2.14. The van der Waals surface area contributed by atoms with Crippen molar-refractivity contribution in [2.24, 2.45) is 0 Å². The standard InChI is InChI=1S/C13H10F3N5O/c1-22-9-3-2-7(4-8(9)13(14,15)16)21-12-10-11(18-5-17-10)19-6-20-12/h2-6H,1H3,(H2,17,18,19,20,21). The highest BCUT2D eigenvalue weighted by Gasteiger charge is 2.34. The van der Waals surface area contributed by atoms with E-state index in [0.717, 1.165) is 6.07 Å². The third-order valence-corrected chi connectivity index (χ3v) is 2.98. The highest BCUT2D eigenvalue weighted by Crippen LogP contribution is 2.38. The Morgan fingerprint density at radius 3 is 2.73 bits per heavy atom. The Bertz CT molecular complexity index is 815. The van der Waals surface area contributed by atoms with Gasteiger partial charge in [-0.05, 0) is 18.2 Å². The van der Waals surface area contributed by atoms with Crippen LogP contribution in [0.25, 0.3) is 11.2 Å². The molecule has 3 rings (SSSR count). The Morgan fingerprint density at radius 2 is 2.00 bits per heavy atom. The van der Waals surface area contributed by atoms with Crippen molar-refractivity contribution in [2.75, 3.05) is 12.4 Å². The number of halogens is 3. The molecule has 6 nitrogen and oxygen atoms in total. The van der Waals surface area contributed by atoms with Crippen LogP contribution in [0.15, 0.2) is 30.9 Å². The summed E-state index contributed by atoms with van der Waals surface area (Å²) in [7, 11) is 1.19. The first kappa shape index (κ1) is 14.1. The molecule has 0 aliphatic heterocycles. The van der Waals surface area contributed by atoms with Gasteiger partial charge in [-0.15, -0.1) is 0 Å². The summed E-state index contributed by atoms with van der Waals surface area (Å²) >= 11 is 0. The minimum absolute atomic E-state index is 0.219. The summed E-state index contributed by atoms with van der Waals surface area (Å²) in [5.74, 6) is 0.0650. The SMILES string of the molecule is COc1ccc(Nc2ncnc3[nH]cnc23)cc1C(F)(F)F. The van der Waals surface area contributed by atoms with Gasteiger partial charge in [0.2, 0.25) is 0 Å². The van der Waals surface area contributed by atoms with Gasteiger partial charge in [0.1, 0.15) is 12.1 Å². The zero-order chi connectivity index (χ0) is 15.7. The third-order valence-electron chi connectivity index (χ3n) is 2.98. The summed E-state index contributed by atoms with van der Waals surface area (Å²) < 4.78 is 43.8. The molecule has 0 amide bonds. The first-order valence-corrected chi connectivity index (χ1v) is 6.15. The first-order valence-electron chi connectivity index (χ1n) is 6.15. The van der Waals surface area contributed by atoms with E-state index < -0.39 is 11.7 Å². The fourth-order valence-electron chi connectivity index (χ4n) is 2.00. The second kappa shape index (κ2) is 5.17. The molecule has 3 aromatic rings. The number of H-pyrrole nitrogens is 1. The molecule has 9 heteroatoms. The summed E-state index contributed by atoms with van der Waals surface area (Å²) in [4.78, 5) is 14.8. The van der Waals surface area contributed by atoms with Gasteiger partial charge in [0.25, 0.3) is 0 Å². The van der Waals surface area contributed by atoms with E-state index in [1.807, 2.05) is 0 Å². The van der Waals surface area contributed by atoms with Crippen LogP contribution in [-0.2, 0) is 6.18 Å². The molecule has 0 aliphatic rings. The molecule has 1 aromatic carbocycles. The number of anilines is 2. The number of aromatic nitrogens is 4. The lowest BCUT2D eigenvalue weighted by Crippen LogP contribution is -2.08. The molecule has 0 saturated carbocycles. The molecular formula is C13H10F3N5O. The quantitative estimate of drug-likeness (QED) is 0.777. The summed E-state index contributed by atoms with van der Waals surface area (Å²) in [5.41, 5.74) is 0.275. The smallest absolute Gasteiger partial charge is 0.420 e. The minimum Gasteiger partial charge on any atom is -0.496 e. The van der Waals surface area contributed by atoms with Crippen molar-refractivity contribution in [3.05, 3.63) is 36.4 Å². The van der Waals surface area contributed by atoms with Gasteiger partial charge in [-0.25, -0.2) is 15.0 Å². The van der Waals surface area contributed by atoms with E-state index in [1.54, 1.807) is 0 Å². The van der Waals surface area contributed by atoms with Crippen LogP contribution >= 0.6 is 0 Å². The van der Waals surface area contributed by atoms with Crippen LogP contribution in [0.3, 0.4) is 0 Å². The Balaban J connectivity index is 2.01. The normalized spacial score (nSPS) is 11.6. The number of ether oxygens (including phenoxy) is 1. The first-order chi connectivity index (χ1) is 10.5. The van der Waals surface area contributed by atoms with Gasteiger partial charge >= 0.3 is 6.18 Å². The van der Waals surface area contributed by atoms with Crippen molar-refractivity contribution in [1.29, 1.82) is 0 Å². The zero-order valence-electron chi connectivity index (χ0n) is 11.3. The molecule has 2 N–H and O–H groups in total. The highest BCUT2D eigenvalue weighted by molar-refractivity contribution is 5.84. The molecule has 0 atom stereocenters. The maximum Gasteiger partial charge on any atom is 0.420 e. The Kier molecular flexibility index (Phi) is 3.32. The number of hydrogen-bond acceptors (Lipinski definition) is 5. The van der Waals surface area contributed by atoms with Gasteiger partial charge in [0, 0.05) is 5.69 Å². The lowest BCUT2D eigenvalue weighted by molar-refractivity contribution is -0.138. The van der Waals surface area contributed by atoms with Crippen LogP contribution in [0.4, 0.5) is 24.7 Å². The molecule has 0 unspecified atom stereocenters. The summed E-state index contributed by atoms with van der Waals surface area (Å²) in [6, 6.07) is 3.67. The number of hydrogen-bond donors (Lipinski definition) is 2. The van der Waals surface area contributed by atoms with E-state index in [9.17, 15) is 13.2 Å². The van der Waals surface area contributed by atoms with Gasteiger partial charge in [0.05, 0.1) is 19.0 Å². The maximum absolute atomic E-state index is 13.0. The monoisotopic (exact) mass is 309 g/mol. The van der Waals surface area contributed by atoms with Crippen molar-refractivity contribution in [2.45, 2.75) is 6.18 Å². The van der Waals surface area contributed by atoms with Crippen LogP contribution in [-0.4, -0.2) is 27.0 Å². The van der Waals surface area contributed by atoms with Crippen molar-refractivity contribution in [1.82, 2.24) is 19.9 Å². The van der Waals surface area contributed by atoms with Gasteiger partial charge in [-0.3, -0.25) is 0 Å². The number of methoxy groups -OCH3 is 1. The van der Waals surface area contributed by atoms with Crippen LogP contribution in [0, 0.1) is 0 Å². The van der Waals surface area contributed by atoms with Crippen molar-refractivity contribution >= 4 is 22.7 Å². The summed E-state index contributed by atoms with van der Waals surface area (Å²) in [6.07, 6.45) is -1.80. The molecule has 2 aromatic heterocycles. The zero-order valence-corrected chi connectivity index (χ0v) is 11.3. The lowest BCUT2D eigenvalue weighted by atomic mass is 10.1. The molecule has 0 saturated heterocycles. The van der Waals surface area contributed by atoms with Crippen molar-refractivity contribution in [3.8, 4) is 5.75 Å². The predicted octanol–water partition coefficient (Wildman–Crippen LogP) is 3.12. The Morgan fingerprint density at radius 1 is 1.18 bits per heavy atom. The van der Waals surface area contributed by atoms with E-state index in [0.29, 0.717) is 17.0 Å². The number of rotatable bonds is 3. The van der Waals surface area contributed by atoms with Crippen LogP contribution in [0.5, 0.6) is 5.75 Å². The summed E-state index contributed by atoms with van der Waals surface area (Å²) in [5, 5.41) is 2.81. The largest absolute Gasteiger partial charge is 0.496 e. The van der Waals surface area contributed by atoms with Crippen molar-refractivity contribution < 1.29 is 17.9 Å². The average Bonchev–Trinajstić information content (AvgIpc) is 2.96. The van der Waals surface area contributed by atoms with Gasteiger partial charge in [-0.2, -0.15) is 13.2 Å². The molecule has 0 spiro atoms. The van der Waals surface area contributed by atoms with Crippen molar-refractivity contribution in [3.63, 3.8) is 0 Å². The number of nitrogens with zero attached hydrogens (tertiary/aromatic N) is 3. The van der Waals surface area contributed by atoms with Crippen LogP contribution < -0.4 is 10.1 Å². The van der Waals surface area contributed by atoms with Crippen LogP contribution in [0.1, 0.15) is 5.56 Å².